The van der Waals surface area contributed by atoms with E-state index in [-0.39, 0.29) is 6.54 Å². The van der Waals surface area contributed by atoms with Gasteiger partial charge in [0, 0.05) is 18.5 Å². The van der Waals surface area contributed by atoms with Crippen LogP contribution in [0.15, 0.2) is 10.4 Å². The van der Waals surface area contributed by atoms with Gasteiger partial charge in [-0.1, -0.05) is 13.8 Å². The second-order valence-corrected chi connectivity index (χ2v) is 5.75. The summed E-state index contributed by atoms with van der Waals surface area (Å²) in [5.41, 5.74) is 1.01. The number of nitrogens with zero attached hydrogens (tertiary/aromatic N) is 2. The molecule has 0 spiro atoms. The smallest absolute Gasteiger partial charge is 0.357 e. The molecule has 0 radical (unpaired) electrons. The number of aliphatic imine (C=N–C) groups is 1. The molecule has 0 amide bonds. The minimum atomic E-state index is -4.16. The Morgan fingerprint density at radius 1 is 1.38 bits per heavy atom. The summed E-state index contributed by atoms with van der Waals surface area (Å²) in [5, 5.41) is 8.43. The molecule has 21 heavy (non-hydrogen) atoms. The van der Waals surface area contributed by atoms with Gasteiger partial charge in [0.1, 0.15) is 5.01 Å². The molecule has 0 bridgehead atoms. The van der Waals surface area contributed by atoms with Gasteiger partial charge in [-0.05, 0) is 12.8 Å². The summed E-state index contributed by atoms with van der Waals surface area (Å²) in [6.45, 7) is 6.74. The molecule has 1 heterocycles. The van der Waals surface area contributed by atoms with Crippen molar-refractivity contribution >= 4 is 17.3 Å². The number of hydrogen-bond donors (Lipinski definition) is 2. The monoisotopic (exact) mass is 322 g/mol. The molecule has 120 valence electrons. The Hall–Kier alpha value is -1.31. The molecule has 0 aliphatic heterocycles. The second-order valence-electron chi connectivity index (χ2n) is 4.81. The van der Waals surface area contributed by atoms with Crippen LogP contribution >= 0.6 is 11.3 Å². The van der Waals surface area contributed by atoms with Crippen molar-refractivity contribution < 1.29 is 13.2 Å². The third kappa shape index (κ3) is 7.31. The van der Waals surface area contributed by atoms with Crippen molar-refractivity contribution in [3.63, 3.8) is 0 Å². The topological polar surface area (TPSA) is 49.3 Å². The van der Waals surface area contributed by atoms with E-state index in [9.17, 15) is 13.2 Å². The SMILES string of the molecule is CCNC(=NCc1nc(C(C)C)cs1)NCCC(F)(F)F. The number of halogens is 3. The van der Waals surface area contributed by atoms with Gasteiger partial charge in [0.05, 0.1) is 18.7 Å². The molecule has 8 heteroatoms. The minimum absolute atomic E-state index is 0.190. The molecule has 1 rings (SSSR count). The fraction of sp³-hybridized carbons (Fsp3) is 0.692. The zero-order valence-electron chi connectivity index (χ0n) is 12.4. The van der Waals surface area contributed by atoms with Crippen molar-refractivity contribution in [3.05, 3.63) is 16.1 Å². The quantitative estimate of drug-likeness (QED) is 0.624. The van der Waals surface area contributed by atoms with E-state index in [2.05, 4.69) is 34.5 Å². The summed E-state index contributed by atoms with van der Waals surface area (Å²) < 4.78 is 36.3. The van der Waals surface area contributed by atoms with Crippen LogP contribution in [-0.2, 0) is 6.54 Å². The van der Waals surface area contributed by atoms with Gasteiger partial charge in [-0.15, -0.1) is 11.3 Å². The van der Waals surface area contributed by atoms with Crippen LogP contribution in [0.2, 0.25) is 0 Å². The number of aromatic nitrogens is 1. The van der Waals surface area contributed by atoms with Crippen LogP contribution in [0.3, 0.4) is 0 Å². The highest BCUT2D eigenvalue weighted by Gasteiger charge is 2.26. The normalized spacial score (nSPS) is 12.8. The molecule has 0 aliphatic rings. The number of thiazole rings is 1. The Labute approximate surface area is 126 Å². The highest BCUT2D eigenvalue weighted by Crippen LogP contribution is 2.19. The standard InChI is InChI=1S/C13H21F3N4S/c1-4-17-12(18-6-5-13(14,15)16)19-7-11-20-10(8-21-11)9(2)3/h8-9H,4-7H2,1-3H3,(H2,17,18,19). The highest BCUT2D eigenvalue weighted by atomic mass is 32.1. The maximum atomic E-state index is 12.1. The number of rotatable bonds is 6. The second kappa shape index (κ2) is 8.21. The average molecular weight is 322 g/mol. The first-order chi connectivity index (χ1) is 9.81. The van der Waals surface area contributed by atoms with E-state index < -0.39 is 12.6 Å². The largest absolute Gasteiger partial charge is 0.390 e. The van der Waals surface area contributed by atoms with E-state index in [4.69, 9.17) is 0 Å². The lowest BCUT2D eigenvalue weighted by molar-refractivity contribution is -0.132. The molecule has 0 aromatic carbocycles. The molecule has 1 aromatic heterocycles. The van der Waals surface area contributed by atoms with Gasteiger partial charge < -0.3 is 10.6 Å². The van der Waals surface area contributed by atoms with Gasteiger partial charge in [0.25, 0.3) is 0 Å². The van der Waals surface area contributed by atoms with Crippen LogP contribution in [0.5, 0.6) is 0 Å². The third-order valence-corrected chi connectivity index (χ3v) is 3.43. The van der Waals surface area contributed by atoms with Crippen molar-refractivity contribution in [3.8, 4) is 0 Å². The lowest BCUT2D eigenvalue weighted by Gasteiger charge is -2.12. The van der Waals surface area contributed by atoms with Crippen molar-refractivity contribution in [2.24, 2.45) is 4.99 Å². The molecule has 0 saturated carbocycles. The maximum Gasteiger partial charge on any atom is 0.390 e. The Bertz CT molecular complexity index is 455. The third-order valence-electron chi connectivity index (χ3n) is 2.58. The van der Waals surface area contributed by atoms with Gasteiger partial charge in [0.2, 0.25) is 0 Å². The van der Waals surface area contributed by atoms with E-state index in [0.717, 1.165) is 10.7 Å². The van der Waals surface area contributed by atoms with Gasteiger partial charge in [-0.2, -0.15) is 13.2 Å². The molecule has 0 atom stereocenters. The van der Waals surface area contributed by atoms with Crippen LogP contribution in [-0.4, -0.2) is 30.2 Å². The number of hydrogen-bond acceptors (Lipinski definition) is 3. The summed E-state index contributed by atoms with van der Waals surface area (Å²) in [4.78, 5) is 8.69. The first-order valence-electron chi connectivity index (χ1n) is 6.85. The Morgan fingerprint density at radius 2 is 2.10 bits per heavy atom. The van der Waals surface area contributed by atoms with E-state index in [1.165, 1.54) is 11.3 Å². The number of nitrogens with one attached hydrogen (secondary N) is 2. The molecule has 0 saturated heterocycles. The molecular formula is C13H21F3N4S. The summed E-state index contributed by atoms with van der Waals surface area (Å²) in [6.07, 6.45) is -5.04. The summed E-state index contributed by atoms with van der Waals surface area (Å²) in [7, 11) is 0. The molecule has 2 N–H and O–H groups in total. The van der Waals surface area contributed by atoms with Crippen LogP contribution in [0.25, 0.3) is 0 Å². The van der Waals surface area contributed by atoms with E-state index in [1.54, 1.807) is 0 Å². The first kappa shape index (κ1) is 17.7. The lowest BCUT2D eigenvalue weighted by Crippen LogP contribution is -2.38. The van der Waals surface area contributed by atoms with Gasteiger partial charge >= 0.3 is 6.18 Å². The van der Waals surface area contributed by atoms with E-state index in [0.29, 0.717) is 25.0 Å². The summed E-state index contributed by atoms with van der Waals surface area (Å²) >= 11 is 1.51. The molecule has 0 aliphatic carbocycles. The van der Waals surface area contributed by atoms with Crippen molar-refractivity contribution in [2.45, 2.75) is 45.8 Å². The van der Waals surface area contributed by atoms with Crippen molar-refractivity contribution in [1.82, 2.24) is 15.6 Å². The van der Waals surface area contributed by atoms with Gasteiger partial charge in [-0.3, -0.25) is 0 Å². The zero-order valence-corrected chi connectivity index (χ0v) is 13.2. The van der Waals surface area contributed by atoms with Crippen molar-refractivity contribution in [1.29, 1.82) is 0 Å². The fourth-order valence-corrected chi connectivity index (χ4v) is 2.35. The number of alkyl halides is 3. The molecular weight excluding hydrogens is 301 g/mol. The Morgan fingerprint density at radius 3 is 2.62 bits per heavy atom. The summed E-state index contributed by atoms with van der Waals surface area (Å²) in [6, 6.07) is 0. The zero-order chi connectivity index (χ0) is 15.9. The average Bonchev–Trinajstić information content (AvgIpc) is 2.83. The predicted molar refractivity (Wildman–Crippen MR) is 79.7 cm³/mol. The minimum Gasteiger partial charge on any atom is -0.357 e. The summed E-state index contributed by atoms with van der Waals surface area (Å²) in [5.74, 6) is 0.736. The van der Waals surface area contributed by atoms with Crippen LogP contribution in [0, 0.1) is 0 Å². The fourth-order valence-electron chi connectivity index (χ4n) is 1.47. The Balaban J connectivity index is 2.54. The van der Waals surface area contributed by atoms with Crippen LogP contribution in [0.4, 0.5) is 13.2 Å². The first-order valence-corrected chi connectivity index (χ1v) is 7.73. The van der Waals surface area contributed by atoms with Crippen LogP contribution in [0.1, 0.15) is 43.8 Å². The lowest BCUT2D eigenvalue weighted by atomic mass is 10.2. The van der Waals surface area contributed by atoms with Gasteiger partial charge in [-0.25, -0.2) is 9.98 Å². The Kier molecular flexibility index (Phi) is 6.94. The van der Waals surface area contributed by atoms with E-state index >= 15 is 0 Å². The van der Waals surface area contributed by atoms with Gasteiger partial charge in [0.15, 0.2) is 5.96 Å². The van der Waals surface area contributed by atoms with Crippen LogP contribution < -0.4 is 10.6 Å². The maximum absolute atomic E-state index is 12.1. The molecule has 4 nitrogen and oxygen atoms in total. The number of guanidine groups is 1. The molecule has 1 aromatic rings. The predicted octanol–water partition coefficient (Wildman–Crippen LogP) is 3.27. The highest BCUT2D eigenvalue weighted by molar-refractivity contribution is 7.09. The van der Waals surface area contributed by atoms with E-state index in [1.807, 2.05) is 12.3 Å². The molecule has 0 fully saturated rings. The van der Waals surface area contributed by atoms with Crippen molar-refractivity contribution in [2.75, 3.05) is 13.1 Å². The molecule has 0 unspecified atom stereocenters.